The normalized spacial score (nSPS) is 15.0. The van der Waals surface area contributed by atoms with Gasteiger partial charge in [0, 0.05) is 29.6 Å². The number of hydrogen-bond donors (Lipinski definition) is 0. The van der Waals surface area contributed by atoms with E-state index in [-0.39, 0.29) is 11.5 Å². The Hall–Kier alpha value is -3.23. The maximum Gasteiger partial charge on any atom is 0.284 e. The number of ketones is 1. The van der Waals surface area contributed by atoms with E-state index in [4.69, 9.17) is 11.6 Å². The lowest BCUT2D eigenvalue weighted by molar-refractivity contribution is 0.0840. The molecule has 3 aromatic rings. The van der Waals surface area contributed by atoms with Crippen molar-refractivity contribution < 1.29 is 9.59 Å². The van der Waals surface area contributed by atoms with Gasteiger partial charge in [0.1, 0.15) is 0 Å². The van der Waals surface area contributed by atoms with Gasteiger partial charge in [0.2, 0.25) is 5.43 Å². The molecule has 0 aliphatic carbocycles. The zero-order chi connectivity index (χ0) is 23.5. The van der Waals surface area contributed by atoms with Gasteiger partial charge >= 0.3 is 0 Å². The second kappa shape index (κ2) is 9.72. The van der Waals surface area contributed by atoms with Crippen LogP contribution in [0.4, 0.5) is 5.69 Å². The number of carbonyl (C=O) groups is 2. The quantitative estimate of drug-likeness (QED) is 0.507. The van der Waals surface area contributed by atoms with Gasteiger partial charge in [-0.25, -0.2) is 9.67 Å². The average Bonchev–Trinajstić information content (AvgIpc) is 2.80. The number of Topliss-reactive ketones (excluding diaryl/α,β-unsaturated/α-hetero) is 1. The van der Waals surface area contributed by atoms with Crippen molar-refractivity contribution in [2.24, 2.45) is 4.99 Å². The second-order valence-corrected chi connectivity index (χ2v) is 8.99. The highest BCUT2D eigenvalue weighted by atomic mass is 35.5. The lowest BCUT2D eigenvalue weighted by Crippen LogP contribution is -2.42. The number of halogens is 1. The molecule has 4 rings (SSSR count). The highest BCUT2D eigenvalue weighted by molar-refractivity contribution is 8.13. The average molecular weight is 481 g/mol. The fourth-order valence-corrected chi connectivity index (χ4v) is 4.58. The van der Waals surface area contributed by atoms with Crippen LogP contribution in [0.15, 0.2) is 64.4 Å². The Balaban J connectivity index is 1.71. The molecule has 33 heavy (non-hydrogen) atoms. The van der Waals surface area contributed by atoms with Gasteiger partial charge in [-0.05, 0) is 56.7 Å². The molecular weight excluding hydrogens is 460 g/mol. The lowest BCUT2D eigenvalue weighted by Gasteiger charge is -2.27. The Morgan fingerprint density at radius 2 is 1.85 bits per heavy atom. The zero-order valence-electron chi connectivity index (χ0n) is 18.1. The number of nitrogens with zero attached hydrogens (tertiary/aromatic N) is 4. The van der Waals surface area contributed by atoms with E-state index in [1.807, 2.05) is 6.07 Å². The summed E-state index contributed by atoms with van der Waals surface area (Å²) in [6.45, 7) is 3.67. The highest BCUT2D eigenvalue weighted by Crippen LogP contribution is 2.24. The van der Waals surface area contributed by atoms with Crippen molar-refractivity contribution in [3.05, 3.63) is 86.8 Å². The second-order valence-electron chi connectivity index (χ2n) is 7.52. The SMILES string of the molecule is CC(=O)c1ccc(N=C2SCCCN2C(=O)c2nn(-c3ccccc3Cl)c(C)cc2=O)cc1. The molecule has 0 N–H and O–H groups in total. The predicted molar refractivity (Wildman–Crippen MR) is 131 cm³/mol. The molecule has 0 radical (unpaired) electrons. The standard InChI is InChI=1S/C24H21ClN4O3S/c1-15-14-21(31)22(27-29(15)20-7-4-3-6-19(20)25)23(32)28-12-5-13-33-24(28)26-18-10-8-17(9-11-18)16(2)30/h3-4,6-11,14H,5,12-13H2,1-2H3. The molecule has 2 heterocycles. The van der Waals surface area contributed by atoms with E-state index in [9.17, 15) is 14.4 Å². The van der Waals surface area contributed by atoms with Gasteiger partial charge in [-0.1, -0.05) is 35.5 Å². The summed E-state index contributed by atoms with van der Waals surface area (Å²) in [6.07, 6.45) is 0.767. The molecule has 0 spiro atoms. The van der Waals surface area contributed by atoms with E-state index in [1.54, 1.807) is 49.4 Å². The van der Waals surface area contributed by atoms with Crippen molar-refractivity contribution in [1.29, 1.82) is 0 Å². The molecule has 1 saturated heterocycles. The summed E-state index contributed by atoms with van der Waals surface area (Å²) in [6, 6.07) is 15.4. The number of carbonyl (C=O) groups excluding carboxylic acids is 2. The first-order chi connectivity index (χ1) is 15.8. The molecule has 0 saturated carbocycles. The van der Waals surface area contributed by atoms with Crippen LogP contribution in [-0.4, -0.2) is 43.8 Å². The van der Waals surface area contributed by atoms with Gasteiger partial charge in [-0.15, -0.1) is 0 Å². The monoisotopic (exact) mass is 480 g/mol. The Morgan fingerprint density at radius 1 is 1.12 bits per heavy atom. The lowest BCUT2D eigenvalue weighted by atomic mass is 10.1. The molecule has 0 atom stereocenters. The van der Waals surface area contributed by atoms with Crippen molar-refractivity contribution in [1.82, 2.24) is 14.7 Å². The van der Waals surface area contributed by atoms with Gasteiger partial charge in [0.25, 0.3) is 5.91 Å². The van der Waals surface area contributed by atoms with E-state index < -0.39 is 11.3 Å². The van der Waals surface area contributed by atoms with Gasteiger partial charge in [0.15, 0.2) is 16.6 Å². The number of aromatic nitrogens is 2. The van der Waals surface area contributed by atoms with E-state index in [0.29, 0.717) is 39.4 Å². The molecule has 0 bridgehead atoms. The fraction of sp³-hybridized carbons (Fsp3) is 0.208. The summed E-state index contributed by atoms with van der Waals surface area (Å²) < 4.78 is 1.51. The third kappa shape index (κ3) is 4.91. The molecule has 2 aromatic carbocycles. The molecule has 1 amide bonds. The number of para-hydroxylation sites is 1. The molecule has 7 nitrogen and oxygen atoms in total. The summed E-state index contributed by atoms with van der Waals surface area (Å²) in [4.78, 5) is 43.8. The molecule has 0 unspecified atom stereocenters. The largest absolute Gasteiger partial charge is 0.295 e. The molecule has 168 valence electrons. The number of rotatable bonds is 4. The fourth-order valence-electron chi connectivity index (χ4n) is 3.41. The van der Waals surface area contributed by atoms with E-state index in [0.717, 1.165) is 12.2 Å². The number of thioether (sulfide) groups is 1. The zero-order valence-corrected chi connectivity index (χ0v) is 19.7. The van der Waals surface area contributed by atoms with E-state index >= 15 is 0 Å². The molecule has 1 fully saturated rings. The Bertz CT molecular complexity index is 1320. The topological polar surface area (TPSA) is 84.6 Å². The summed E-state index contributed by atoms with van der Waals surface area (Å²) in [7, 11) is 0. The van der Waals surface area contributed by atoms with Crippen LogP contribution in [0.25, 0.3) is 5.69 Å². The summed E-state index contributed by atoms with van der Waals surface area (Å²) in [5.74, 6) is 0.268. The van der Waals surface area contributed by atoms with Gasteiger partial charge in [-0.2, -0.15) is 5.10 Å². The molecule has 1 aliphatic heterocycles. The Morgan fingerprint density at radius 3 is 2.55 bits per heavy atom. The van der Waals surface area contributed by atoms with Crippen molar-refractivity contribution in [2.75, 3.05) is 12.3 Å². The maximum absolute atomic E-state index is 13.4. The van der Waals surface area contributed by atoms with Crippen LogP contribution >= 0.6 is 23.4 Å². The van der Waals surface area contributed by atoms with Crippen LogP contribution < -0.4 is 5.43 Å². The van der Waals surface area contributed by atoms with Crippen LogP contribution in [-0.2, 0) is 0 Å². The Kier molecular flexibility index (Phi) is 6.76. The van der Waals surface area contributed by atoms with E-state index in [2.05, 4.69) is 10.1 Å². The summed E-state index contributed by atoms with van der Waals surface area (Å²) in [5, 5.41) is 5.33. The smallest absolute Gasteiger partial charge is 0.284 e. The van der Waals surface area contributed by atoms with Crippen molar-refractivity contribution in [3.8, 4) is 5.69 Å². The van der Waals surface area contributed by atoms with Crippen LogP contribution in [0.5, 0.6) is 0 Å². The molecular formula is C24H21ClN4O3S. The van der Waals surface area contributed by atoms with Crippen LogP contribution in [0.3, 0.4) is 0 Å². The van der Waals surface area contributed by atoms with Crippen molar-refractivity contribution in [3.63, 3.8) is 0 Å². The number of hydrogen-bond acceptors (Lipinski definition) is 6. The highest BCUT2D eigenvalue weighted by Gasteiger charge is 2.28. The summed E-state index contributed by atoms with van der Waals surface area (Å²) >= 11 is 7.76. The number of amidine groups is 1. The third-order valence-electron chi connectivity index (χ3n) is 5.12. The number of benzene rings is 2. The Labute approximate surface area is 200 Å². The third-order valence-corrected chi connectivity index (χ3v) is 6.50. The minimum absolute atomic E-state index is 0.0294. The number of aryl methyl sites for hydroxylation is 1. The minimum atomic E-state index is -0.507. The van der Waals surface area contributed by atoms with Crippen LogP contribution in [0.1, 0.15) is 39.9 Å². The molecule has 9 heteroatoms. The first-order valence-corrected chi connectivity index (χ1v) is 11.7. The van der Waals surface area contributed by atoms with Crippen LogP contribution in [0, 0.1) is 6.92 Å². The first-order valence-electron chi connectivity index (χ1n) is 10.4. The maximum atomic E-state index is 13.4. The van der Waals surface area contributed by atoms with E-state index in [1.165, 1.54) is 34.3 Å². The van der Waals surface area contributed by atoms with Gasteiger partial charge < -0.3 is 0 Å². The minimum Gasteiger partial charge on any atom is -0.295 e. The van der Waals surface area contributed by atoms with Crippen molar-refractivity contribution >= 4 is 45.9 Å². The first kappa shape index (κ1) is 22.9. The number of amides is 1. The predicted octanol–water partition coefficient (Wildman–Crippen LogP) is 4.66. The van der Waals surface area contributed by atoms with Gasteiger partial charge in [0.05, 0.1) is 16.4 Å². The number of aliphatic imine (C=N–C) groups is 1. The van der Waals surface area contributed by atoms with Crippen molar-refractivity contribution in [2.45, 2.75) is 20.3 Å². The molecule has 1 aromatic heterocycles. The summed E-state index contributed by atoms with van der Waals surface area (Å²) in [5.41, 5.74) is 1.71. The van der Waals surface area contributed by atoms with Gasteiger partial charge in [-0.3, -0.25) is 19.3 Å². The van der Waals surface area contributed by atoms with Crippen LogP contribution in [0.2, 0.25) is 5.02 Å². The molecule has 1 aliphatic rings.